The molecule has 3 aromatic carbocycles. The molecule has 0 saturated heterocycles. The van der Waals surface area contributed by atoms with Crippen molar-refractivity contribution >= 4 is 50.7 Å². The number of sulfonamides is 1. The predicted octanol–water partition coefficient (Wildman–Crippen LogP) is 7.57. The maximum absolute atomic E-state index is 14.4. The maximum Gasteiger partial charge on any atom is 0.264 e. The fourth-order valence-electron chi connectivity index (χ4n) is 5.59. The van der Waals surface area contributed by atoms with Gasteiger partial charge in [0.05, 0.1) is 10.6 Å². The lowest BCUT2D eigenvalue weighted by Gasteiger charge is -2.35. The van der Waals surface area contributed by atoms with Crippen molar-refractivity contribution in [1.29, 1.82) is 0 Å². The van der Waals surface area contributed by atoms with Gasteiger partial charge in [0.25, 0.3) is 10.0 Å². The Kier molecular flexibility index (Phi) is 11.7. The summed E-state index contributed by atoms with van der Waals surface area (Å²) in [5.41, 5.74) is 1.88. The molecule has 0 bridgehead atoms. The summed E-state index contributed by atoms with van der Waals surface area (Å²) in [6.07, 6.45) is 5.33. The monoisotopic (exact) mass is 657 g/mol. The SMILES string of the molecule is CC[C@H](C(=O)NC1CCCCC1)N(Cc1c(Cl)cccc1Cl)C(=O)CN(c1ccc(C(C)C)cc1)S(=O)(=O)c1ccccc1. The number of hydrogen-bond donors (Lipinski definition) is 1. The summed E-state index contributed by atoms with van der Waals surface area (Å²) in [6.45, 7) is 5.37. The molecule has 236 valence electrons. The molecule has 1 atom stereocenters. The Bertz CT molecular complexity index is 1510. The number of halogens is 2. The molecule has 3 aromatic rings. The number of anilines is 1. The van der Waals surface area contributed by atoms with Gasteiger partial charge in [0, 0.05) is 28.2 Å². The maximum atomic E-state index is 14.4. The molecule has 0 aromatic heterocycles. The lowest BCUT2D eigenvalue weighted by atomic mass is 9.95. The van der Waals surface area contributed by atoms with Gasteiger partial charge in [-0.25, -0.2) is 8.42 Å². The van der Waals surface area contributed by atoms with Gasteiger partial charge in [-0.15, -0.1) is 0 Å². The third kappa shape index (κ3) is 8.14. The van der Waals surface area contributed by atoms with Gasteiger partial charge < -0.3 is 10.2 Å². The van der Waals surface area contributed by atoms with E-state index in [1.165, 1.54) is 17.0 Å². The summed E-state index contributed by atoms with van der Waals surface area (Å²) < 4.78 is 29.2. The molecule has 44 heavy (non-hydrogen) atoms. The molecule has 0 unspecified atom stereocenters. The lowest BCUT2D eigenvalue weighted by Crippen LogP contribution is -2.54. The topological polar surface area (TPSA) is 86.8 Å². The van der Waals surface area contributed by atoms with Gasteiger partial charge in [0.2, 0.25) is 11.8 Å². The van der Waals surface area contributed by atoms with E-state index in [4.69, 9.17) is 23.2 Å². The zero-order valence-electron chi connectivity index (χ0n) is 25.5. The summed E-state index contributed by atoms with van der Waals surface area (Å²) in [5, 5.41) is 3.86. The van der Waals surface area contributed by atoms with Crippen molar-refractivity contribution in [3.63, 3.8) is 0 Å². The first kappa shape index (κ1) is 33.8. The number of amides is 2. The van der Waals surface area contributed by atoms with Crippen molar-refractivity contribution in [2.75, 3.05) is 10.8 Å². The molecule has 1 fully saturated rings. The van der Waals surface area contributed by atoms with Gasteiger partial charge in [-0.1, -0.05) is 99.6 Å². The van der Waals surface area contributed by atoms with E-state index in [9.17, 15) is 18.0 Å². The van der Waals surface area contributed by atoms with Crippen LogP contribution in [-0.4, -0.2) is 43.8 Å². The van der Waals surface area contributed by atoms with Crippen LogP contribution in [-0.2, 0) is 26.2 Å². The molecule has 10 heteroatoms. The van der Waals surface area contributed by atoms with Gasteiger partial charge in [0.1, 0.15) is 12.6 Å². The van der Waals surface area contributed by atoms with Crippen LogP contribution in [0.1, 0.15) is 76.3 Å². The predicted molar refractivity (Wildman–Crippen MR) is 178 cm³/mol. The minimum absolute atomic E-state index is 0.0422. The summed E-state index contributed by atoms with van der Waals surface area (Å²) in [6, 6.07) is 19.4. The van der Waals surface area contributed by atoms with Crippen LogP contribution in [0, 0.1) is 0 Å². The molecular weight excluding hydrogens is 617 g/mol. The van der Waals surface area contributed by atoms with E-state index in [0.717, 1.165) is 42.0 Å². The minimum Gasteiger partial charge on any atom is -0.352 e. The summed E-state index contributed by atoms with van der Waals surface area (Å²) in [5.74, 6) is -0.567. The van der Waals surface area contributed by atoms with E-state index in [2.05, 4.69) is 19.2 Å². The van der Waals surface area contributed by atoms with Crippen LogP contribution >= 0.6 is 23.2 Å². The number of rotatable bonds is 12. The molecule has 7 nitrogen and oxygen atoms in total. The first-order chi connectivity index (χ1) is 21.0. The van der Waals surface area contributed by atoms with E-state index < -0.39 is 28.5 Å². The summed E-state index contributed by atoms with van der Waals surface area (Å²) in [7, 11) is -4.15. The van der Waals surface area contributed by atoms with Gasteiger partial charge in [-0.3, -0.25) is 13.9 Å². The Morgan fingerprint density at radius 2 is 1.50 bits per heavy atom. The van der Waals surface area contributed by atoms with E-state index >= 15 is 0 Å². The second-order valence-electron chi connectivity index (χ2n) is 11.6. The van der Waals surface area contributed by atoms with Gasteiger partial charge >= 0.3 is 0 Å². The van der Waals surface area contributed by atoms with Crippen LogP contribution in [0.2, 0.25) is 10.0 Å². The van der Waals surface area contributed by atoms with Gasteiger partial charge in [0.15, 0.2) is 0 Å². The molecule has 1 saturated carbocycles. The molecule has 1 aliphatic carbocycles. The molecule has 0 aliphatic heterocycles. The van der Waals surface area contributed by atoms with E-state index in [1.54, 1.807) is 48.5 Å². The van der Waals surface area contributed by atoms with Crippen LogP contribution in [0.3, 0.4) is 0 Å². The third-order valence-electron chi connectivity index (χ3n) is 8.19. The first-order valence-corrected chi connectivity index (χ1v) is 17.4. The van der Waals surface area contributed by atoms with Crippen molar-refractivity contribution < 1.29 is 18.0 Å². The van der Waals surface area contributed by atoms with E-state index in [-0.39, 0.29) is 29.3 Å². The highest BCUT2D eigenvalue weighted by molar-refractivity contribution is 7.92. The highest BCUT2D eigenvalue weighted by Gasteiger charge is 2.35. The average Bonchev–Trinajstić information content (AvgIpc) is 3.02. The molecule has 1 N–H and O–H groups in total. The van der Waals surface area contributed by atoms with Crippen LogP contribution in [0.4, 0.5) is 5.69 Å². The smallest absolute Gasteiger partial charge is 0.264 e. The highest BCUT2D eigenvalue weighted by atomic mass is 35.5. The Morgan fingerprint density at radius 3 is 2.07 bits per heavy atom. The molecule has 0 spiro atoms. The third-order valence-corrected chi connectivity index (χ3v) is 10.7. The molecule has 0 radical (unpaired) electrons. The van der Waals surface area contributed by atoms with Gasteiger partial charge in [-0.05, 0) is 67.1 Å². The van der Waals surface area contributed by atoms with Crippen LogP contribution in [0.25, 0.3) is 0 Å². The molecule has 1 aliphatic rings. The Labute approximate surface area is 271 Å². The van der Waals surface area contributed by atoms with Crippen molar-refractivity contribution in [1.82, 2.24) is 10.2 Å². The normalized spacial score (nSPS) is 14.7. The number of nitrogens with one attached hydrogen (secondary N) is 1. The second-order valence-corrected chi connectivity index (χ2v) is 14.2. The molecule has 4 rings (SSSR count). The molecule has 0 heterocycles. The van der Waals surface area contributed by atoms with Crippen molar-refractivity contribution in [3.05, 3.63) is 94.0 Å². The highest BCUT2D eigenvalue weighted by Crippen LogP contribution is 2.30. The average molecular weight is 659 g/mol. The van der Waals surface area contributed by atoms with Crippen molar-refractivity contribution in [3.8, 4) is 0 Å². The van der Waals surface area contributed by atoms with E-state index in [0.29, 0.717) is 27.7 Å². The van der Waals surface area contributed by atoms with Gasteiger partial charge in [-0.2, -0.15) is 0 Å². The summed E-state index contributed by atoms with van der Waals surface area (Å²) >= 11 is 13.1. The Hall–Kier alpha value is -3.07. The fourth-order valence-corrected chi connectivity index (χ4v) is 7.54. The van der Waals surface area contributed by atoms with Crippen molar-refractivity contribution in [2.45, 2.75) is 88.7 Å². The summed E-state index contributed by atoms with van der Waals surface area (Å²) in [4.78, 5) is 29.6. The molecular formula is C34H41Cl2N3O4S. The Balaban J connectivity index is 1.74. The van der Waals surface area contributed by atoms with Crippen LogP contribution < -0.4 is 9.62 Å². The quantitative estimate of drug-likeness (QED) is 0.218. The first-order valence-electron chi connectivity index (χ1n) is 15.2. The molecule has 2 amide bonds. The van der Waals surface area contributed by atoms with Crippen LogP contribution in [0.5, 0.6) is 0 Å². The largest absolute Gasteiger partial charge is 0.352 e. The zero-order valence-corrected chi connectivity index (χ0v) is 27.8. The number of carbonyl (C=O) groups excluding carboxylic acids is 2. The zero-order chi connectivity index (χ0) is 31.9. The second kappa shape index (κ2) is 15.3. The number of nitrogens with zero attached hydrogens (tertiary/aromatic N) is 2. The minimum atomic E-state index is -4.15. The van der Waals surface area contributed by atoms with E-state index in [1.807, 2.05) is 19.1 Å². The number of hydrogen-bond acceptors (Lipinski definition) is 4. The number of carbonyl (C=O) groups is 2. The Morgan fingerprint density at radius 1 is 0.886 bits per heavy atom. The van der Waals surface area contributed by atoms with Crippen molar-refractivity contribution in [2.24, 2.45) is 0 Å². The lowest BCUT2D eigenvalue weighted by molar-refractivity contribution is -0.140. The van der Waals surface area contributed by atoms with Crippen LogP contribution in [0.15, 0.2) is 77.7 Å². The number of benzene rings is 3. The standard InChI is InChI=1S/C34H41Cl2N3O4S/c1-4-32(34(41)37-26-12-7-5-8-13-26)38(22-29-30(35)16-11-17-31(29)36)33(40)23-39(27-20-18-25(19-21-27)24(2)3)44(42,43)28-14-9-6-10-15-28/h6,9-11,14-21,24,26,32H,4-5,7-8,12-13,22-23H2,1-3H3,(H,37,41)/t32-/m1/s1. The fraction of sp³-hybridized carbons (Fsp3) is 0.412.